The molecule has 4 heteroatoms. The van der Waals surface area contributed by atoms with E-state index < -0.39 is 18.9 Å². The Hall–Kier alpha value is -0.660. The van der Waals surface area contributed by atoms with E-state index in [-0.39, 0.29) is 24.8 Å². The minimum Gasteiger partial charge on any atom is -1.00 e. The van der Waals surface area contributed by atoms with Gasteiger partial charge in [0, 0.05) is 0 Å². The van der Waals surface area contributed by atoms with Gasteiger partial charge in [-0.15, -0.1) is 0 Å². The molecule has 0 nitrogen and oxygen atoms in total. The van der Waals surface area contributed by atoms with Crippen molar-refractivity contribution in [2.45, 2.75) is 60.4 Å². The van der Waals surface area contributed by atoms with Crippen molar-refractivity contribution >= 4 is 6.16 Å². The number of halogens is 2. The van der Waals surface area contributed by atoms with Gasteiger partial charge in [-0.3, -0.25) is 0 Å². The maximum absolute atomic E-state index is 2.99. The Morgan fingerprint density at radius 2 is 1.34 bits per heavy atom. The molecule has 1 atom stereocenters. The van der Waals surface area contributed by atoms with Crippen LogP contribution in [0.5, 0.6) is 0 Å². The standard InChI is InChI=1S/C7H8Si.3C7H9.2ClH.Zr/c8-6-7-4-2-1-3-5-7;3*1-6-3-4-7(2)5-6;;;/h1-5,8H,6H2;2*5H,3H2,1-2H3;3,5,7H,1-2H3;2*1H;/q;;;;;;+2/p-2. The van der Waals surface area contributed by atoms with Gasteiger partial charge in [-0.2, -0.15) is 0 Å². The van der Waals surface area contributed by atoms with Crippen molar-refractivity contribution in [2.75, 3.05) is 0 Å². The molecular formula is C28H35Cl2SiZr. The minimum atomic E-state index is -2.99. The van der Waals surface area contributed by atoms with E-state index in [1.165, 1.54) is 30.0 Å². The van der Waals surface area contributed by atoms with Gasteiger partial charge in [0.15, 0.2) is 0 Å². The summed E-state index contributed by atoms with van der Waals surface area (Å²) in [5, 5.41) is 0. The third kappa shape index (κ3) is 5.20. The molecule has 0 spiro atoms. The van der Waals surface area contributed by atoms with Crippen molar-refractivity contribution < 1.29 is 43.7 Å². The normalized spacial score (nSPS) is 19.9. The SMILES string of the molecule is CC1=CC(C)[C]([Zr+2](=[SiH]Cc2ccccc2)([C]2=C(C)C=C(C)C2)[C]2=C(C)C=C(C)C2)=C1.[Cl-].[Cl-]. The van der Waals surface area contributed by atoms with E-state index in [0.29, 0.717) is 12.1 Å². The third-order valence-corrected chi connectivity index (χ3v) is 31.7. The molecule has 0 amide bonds. The second-order valence-corrected chi connectivity index (χ2v) is 27.0. The van der Waals surface area contributed by atoms with Crippen LogP contribution in [0, 0.1) is 5.92 Å². The Bertz CT molecular complexity index is 1080. The summed E-state index contributed by atoms with van der Waals surface area (Å²) in [7, 11) is 0. The van der Waals surface area contributed by atoms with Crippen LogP contribution in [0.2, 0.25) is 0 Å². The fraction of sp³-hybridized carbons (Fsp3) is 0.357. The van der Waals surface area contributed by atoms with Crippen LogP contribution in [0.4, 0.5) is 0 Å². The third-order valence-electron chi connectivity index (χ3n) is 7.07. The van der Waals surface area contributed by atoms with Crippen LogP contribution in [0.25, 0.3) is 0 Å². The molecule has 0 aromatic heterocycles. The molecule has 1 aromatic carbocycles. The summed E-state index contributed by atoms with van der Waals surface area (Å²) >= 11 is -2.99. The quantitative estimate of drug-likeness (QED) is 0.478. The predicted molar refractivity (Wildman–Crippen MR) is 130 cm³/mol. The van der Waals surface area contributed by atoms with Gasteiger partial charge in [0.1, 0.15) is 0 Å². The maximum Gasteiger partial charge on any atom is -1.00 e. The summed E-state index contributed by atoms with van der Waals surface area (Å²) in [4.78, 5) is 0. The van der Waals surface area contributed by atoms with Crippen LogP contribution in [0.15, 0.2) is 92.3 Å². The van der Waals surface area contributed by atoms with E-state index in [1.807, 2.05) is 9.84 Å². The van der Waals surface area contributed by atoms with Crippen molar-refractivity contribution in [2.24, 2.45) is 5.92 Å². The molecule has 0 fully saturated rings. The van der Waals surface area contributed by atoms with Crippen molar-refractivity contribution in [3.05, 3.63) is 97.9 Å². The summed E-state index contributed by atoms with van der Waals surface area (Å²) in [5.41, 5.74) is 9.36. The fourth-order valence-corrected chi connectivity index (χ4v) is 34.6. The number of hydrogen-bond donors (Lipinski definition) is 0. The van der Waals surface area contributed by atoms with Gasteiger partial charge in [0.25, 0.3) is 0 Å². The molecule has 0 N–H and O–H groups in total. The first kappa shape index (κ1) is 27.6. The molecule has 4 rings (SSSR count). The van der Waals surface area contributed by atoms with Crippen molar-refractivity contribution in [3.63, 3.8) is 0 Å². The first-order chi connectivity index (χ1) is 14.3. The van der Waals surface area contributed by atoms with Gasteiger partial charge in [-0.05, 0) is 0 Å². The Labute approximate surface area is 212 Å². The van der Waals surface area contributed by atoms with Gasteiger partial charge in [0.05, 0.1) is 0 Å². The second-order valence-electron chi connectivity index (χ2n) is 9.66. The molecule has 0 saturated heterocycles. The second kappa shape index (κ2) is 11.2. The van der Waals surface area contributed by atoms with Gasteiger partial charge in [0.2, 0.25) is 0 Å². The van der Waals surface area contributed by atoms with Crippen LogP contribution in [-0.4, -0.2) is 6.16 Å². The van der Waals surface area contributed by atoms with Gasteiger partial charge >= 0.3 is 189 Å². The molecular weight excluding hydrogens is 527 g/mol. The first-order valence-corrected chi connectivity index (χ1v) is 20.7. The number of hydrogen-bond acceptors (Lipinski definition) is 0. The Morgan fingerprint density at radius 3 is 1.75 bits per heavy atom. The molecule has 0 radical (unpaired) electrons. The van der Waals surface area contributed by atoms with Gasteiger partial charge in [-0.25, -0.2) is 0 Å². The monoisotopic (exact) mass is 559 g/mol. The molecule has 0 saturated carbocycles. The average molecular weight is 562 g/mol. The Morgan fingerprint density at radius 1 is 0.812 bits per heavy atom. The van der Waals surface area contributed by atoms with E-state index >= 15 is 0 Å². The summed E-state index contributed by atoms with van der Waals surface area (Å²) in [6.07, 6.45) is 13.0. The molecule has 3 aliphatic rings. The topological polar surface area (TPSA) is 0 Å². The van der Waals surface area contributed by atoms with E-state index in [4.69, 9.17) is 0 Å². The van der Waals surface area contributed by atoms with Crippen LogP contribution < -0.4 is 24.8 Å². The Kier molecular flexibility index (Phi) is 9.63. The predicted octanol–water partition coefficient (Wildman–Crippen LogP) is 1.43. The fourth-order valence-electron chi connectivity index (χ4n) is 5.91. The van der Waals surface area contributed by atoms with Crippen molar-refractivity contribution in [1.29, 1.82) is 0 Å². The minimum absolute atomic E-state index is 0. The first-order valence-electron chi connectivity index (χ1n) is 11.3. The summed E-state index contributed by atoms with van der Waals surface area (Å²) in [6.45, 7) is 14.3. The zero-order valence-electron chi connectivity index (χ0n) is 20.2. The maximum atomic E-state index is 2.63. The smallest absolute Gasteiger partial charge is 1.00 e. The Balaban J connectivity index is 0.00000181. The summed E-state index contributed by atoms with van der Waals surface area (Å²) in [5.74, 6) is 0.603. The molecule has 0 bridgehead atoms. The largest absolute Gasteiger partial charge is 1.00 e. The molecule has 32 heavy (non-hydrogen) atoms. The van der Waals surface area contributed by atoms with Gasteiger partial charge < -0.3 is 24.8 Å². The molecule has 3 aliphatic carbocycles. The van der Waals surface area contributed by atoms with Crippen LogP contribution >= 0.6 is 0 Å². The zero-order chi connectivity index (χ0) is 21.5. The molecule has 0 heterocycles. The number of rotatable bonds is 5. The number of allylic oxidation sites excluding steroid dienone is 12. The van der Waals surface area contributed by atoms with Crippen LogP contribution in [0.1, 0.15) is 59.9 Å². The van der Waals surface area contributed by atoms with Crippen molar-refractivity contribution in [3.8, 4) is 0 Å². The van der Waals surface area contributed by atoms with E-state index in [9.17, 15) is 0 Å². The van der Waals surface area contributed by atoms with Crippen LogP contribution in [-0.2, 0) is 24.9 Å². The van der Waals surface area contributed by atoms with Crippen molar-refractivity contribution in [1.82, 2.24) is 0 Å². The van der Waals surface area contributed by atoms with E-state index in [2.05, 4.69) is 96.2 Å². The zero-order valence-corrected chi connectivity index (χ0v) is 25.4. The summed E-state index contributed by atoms with van der Waals surface area (Å²) in [6, 6.07) is 12.6. The van der Waals surface area contributed by atoms with Gasteiger partial charge in [-0.1, -0.05) is 0 Å². The average Bonchev–Trinajstić information content (AvgIpc) is 3.34. The van der Waals surface area contributed by atoms with E-state index in [0.717, 1.165) is 0 Å². The molecule has 1 unspecified atom stereocenters. The van der Waals surface area contributed by atoms with E-state index in [1.54, 1.807) is 22.3 Å². The molecule has 0 aliphatic heterocycles. The number of benzene rings is 1. The molecule has 1 aromatic rings. The van der Waals surface area contributed by atoms with Crippen LogP contribution in [0.3, 0.4) is 0 Å². The summed E-state index contributed by atoms with van der Waals surface area (Å²) < 4.78 is 5.65. The molecule has 169 valence electrons.